The second-order valence-electron chi connectivity index (χ2n) is 5.09. The molecule has 0 radical (unpaired) electrons. The molecule has 0 spiro atoms. The number of fused-ring (bicyclic) bond motifs is 1. The van der Waals surface area contributed by atoms with Crippen molar-refractivity contribution < 1.29 is 9.53 Å². The number of hydrogen-bond acceptors (Lipinski definition) is 4. The molecule has 3 aromatic rings. The highest BCUT2D eigenvalue weighted by atomic mass is 32.1. The molecule has 0 aliphatic heterocycles. The van der Waals surface area contributed by atoms with Gasteiger partial charge in [-0.15, -0.1) is 0 Å². The first-order valence-electron chi connectivity index (χ1n) is 7.63. The minimum absolute atomic E-state index is 0.164. The molecule has 0 saturated heterocycles. The molecule has 0 unspecified atom stereocenters. The molecule has 1 amide bonds. The van der Waals surface area contributed by atoms with Crippen LogP contribution in [0.4, 0.5) is 5.13 Å². The fraction of sp³-hybridized carbons (Fsp3) is 0.222. The SMILES string of the molecule is CCOc1ccc(C(=O)Nc2nc3ccc(CC)cc3s2)cc1. The van der Waals surface area contributed by atoms with Crippen molar-refractivity contribution in [3.8, 4) is 5.75 Å². The number of nitrogens with one attached hydrogen (secondary N) is 1. The van der Waals surface area contributed by atoms with Crippen molar-refractivity contribution in [2.75, 3.05) is 11.9 Å². The minimum atomic E-state index is -0.164. The van der Waals surface area contributed by atoms with Gasteiger partial charge in [0, 0.05) is 5.56 Å². The highest BCUT2D eigenvalue weighted by molar-refractivity contribution is 7.22. The number of benzene rings is 2. The van der Waals surface area contributed by atoms with E-state index >= 15 is 0 Å². The van der Waals surface area contributed by atoms with Crippen LogP contribution in [0.2, 0.25) is 0 Å². The summed E-state index contributed by atoms with van der Waals surface area (Å²) < 4.78 is 6.47. The van der Waals surface area contributed by atoms with E-state index in [0.717, 1.165) is 22.4 Å². The van der Waals surface area contributed by atoms with E-state index in [1.807, 2.05) is 13.0 Å². The highest BCUT2D eigenvalue weighted by Crippen LogP contribution is 2.27. The molecule has 0 saturated carbocycles. The smallest absolute Gasteiger partial charge is 0.257 e. The van der Waals surface area contributed by atoms with Crippen LogP contribution in [-0.4, -0.2) is 17.5 Å². The molecule has 0 fully saturated rings. The van der Waals surface area contributed by atoms with E-state index in [1.165, 1.54) is 16.9 Å². The first-order valence-corrected chi connectivity index (χ1v) is 8.45. The van der Waals surface area contributed by atoms with Crippen LogP contribution in [0.25, 0.3) is 10.2 Å². The van der Waals surface area contributed by atoms with Crippen LogP contribution in [0.3, 0.4) is 0 Å². The molecule has 1 aromatic heterocycles. The van der Waals surface area contributed by atoms with Gasteiger partial charge in [0.05, 0.1) is 16.8 Å². The molecule has 1 N–H and O–H groups in total. The molecule has 1 heterocycles. The summed E-state index contributed by atoms with van der Waals surface area (Å²) in [6, 6.07) is 13.3. The van der Waals surface area contributed by atoms with Gasteiger partial charge in [0.15, 0.2) is 5.13 Å². The highest BCUT2D eigenvalue weighted by Gasteiger charge is 2.10. The zero-order chi connectivity index (χ0) is 16.2. The number of nitrogens with zero attached hydrogens (tertiary/aromatic N) is 1. The van der Waals surface area contributed by atoms with Gasteiger partial charge in [-0.1, -0.05) is 24.3 Å². The van der Waals surface area contributed by atoms with Gasteiger partial charge in [-0.3, -0.25) is 10.1 Å². The molecule has 0 bridgehead atoms. The summed E-state index contributed by atoms with van der Waals surface area (Å²) in [6.07, 6.45) is 0.988. The van der Waals surface area contributed by atoms with E-state index in [-0.39, 0.29) is 5.91 Å². The van der Waals surface area contributed by atoms with Crippen molar-refractivity contribution in [2.45, 2.75) is 20.3 Å². The van der Waals surface area contributed by atoms with E-state index in [1.54, 1.807) is 24.3 Å². The number of amides is 1. The zero-order valence-corrected chi connectivity index (χ0v) is 13.9. The van der Waals surface area contributed by atoms with Gasteiger partial charge in [0.1, 0.15) is 5.75 Å². The number of aryl methyl sites for hydroxylation is 1. The van der Waals surface area contributed by atoms with Crippen LogP contribution in [-0.2, 0) is 6.42 Å². The quantitative estimate of drug-likeness (QED) is 0.750. The molecule has 0 atom stereocenters. The van der Waals surface area contributed by atoms with Crippen LogP contribution in [0.1, 0.15) is 29.8 Å². The average molecular weight is 326 g/mol. The maximum absolute atomic E-state index is 12.3. The Kier molecular flexibility index (Phi) is 4.57. The molecule has 118 valence electrons. The Hall–Kier alpha value is -2.40. The Morgan fingerprint density at radius 1 is 1.17 bits per heavy atom. The van der Waals surface area contributed by atoms with Crippen LogP contribution in [0.15, 0.2) is 42.5 Å². The molecule has 0 aliphatic rings. The van der Waals surface area contributed by atoms with Crippen LogP contribution in [0, 0.1) is 0 Å². The lowest BCUT2D eigenvalue weighted by Crippen LogP contribution is -2.11. The largest absolute Gasteiger partial charge is 0.494 e. The van der Waals surface area contributed by atoms with Gasteiger partial charge in [0.25, 0.3) is 5.91 Å². The van der Waals surface area contributed by atoms with Crippen LogP contribution < -0.4 is 10.1 Å². The first-order chi connectivity index (χ1) is 11.2. The van der Waals surface area contributed by atoms with Crippen molar-refractivity contribution in [2.24, 2.45) is 0 Å². The number of hydrogen-bond donors (Lipinski definition) is 1. The van der Waals surface area contributed by atoms with Crippen molar-refractivity contribution in [3.05, 3.63) is 53.6 Å². The van der Waals surface area contributed by atoms with E-state index in [9.17, 15) is 4.79 Å². The van der Waals surface area contributed by atoms with E-state index in [0.29, 0.717) is 17.3 Å². The van der Waals surface area contributed by atoms with Gasteiger partial charge in [-0.2, -0.15) is 0 Å². The Bertz CT molecular complexity index is 825. The lowest BCUT2D eigenvalue weighted by molar-refractivity contribution is 0.102. The molecular formula is C18H18N2O2S. The van der Waals surface area contributed by atoms with Crippen LogP contribution >= 0.6 is 11.3 Å². The average Bonchev–Trinajstić information content (AvgIpc) is 2.96. The molecule has 3 rings (SSSR count). The summed E-state index contributed by atoms with van der Waals surface area (Å²) in [6.45, 7) is 4.66. The third kappa shape index (κ3) is 3.51. The summed E-state index contributed by atoms with van der Waals surface area (Å²) >= 11 is 1.49. The number of anilines is 1. The maximum atomic E-state index is 12.3. The van der Waals surface area contributed by atoms with Crippen molar-refractivity contribution in [1.29, 1.82) is 0 Å². The predicted molar refractivity (Wildman–Crippen MR) is 94.6 cm³/mol. The Labute approximate surface area is 139 Å². The third-order valence-electron chi connectivity index (χ3n) is 3.51. The van der Waals surface area contributed by atoms with Gasteiger partial charge in [-0.05, 0) is 55.3 Å². The maximum Gasteiger partial charge on any atom is 0.257 e. The van der Waals surface area contributed by atoms with Crippen molar-refractivity contribution in [3.63, 3.8) is 0 Å². The van der Waals surface area contributed by atoms with Gasteiger partial charge >= 0.3 is 0 Å². The second-order valence-corrected chi connectivity index (χ2v) is 6.12. The topological polar surface area (TPSA) is 51.2 Å². The predicted octanol–water partition coefficient (Wildman–Crippen LogP) is 4.51. The Morgan fingerprint density at radius 3 is 2.65 bits per heavy atom. The molecule has 5 heteroatoms. The van der Waals surface area contributed by atoms with E-state index < -0.39 is 0 Å². The molecular weight excluding hydrogens is 308 g/mol. The monoisotopic (exact) mass is 326 g/mol. The van der Waals surface area contributed by atoms with Crippen LogP contribution in [0.5, 0.6) is 5.75 Å². The summed E-state index contributed by atoms with van der Waals surface area (Å²) in [4.78, 5) is 16.8. The molecule has 23 heavy (non-hydrogen) atoms. The fourth-order valence-corrected chi connectivity index (χ4v) is 3.21. The fourth-order valence-electron chi connectivity index (χ4n) is 2.28. The Morgan fingerprint density at radius 2 is 1.96 bits per heavy atom. The number of carbonyl (C=O) groups is 1. The van der Waals surface area contributed by atoms with Gasteiger partial charge in [-0.25, -0.2) is 4.98 Å². The molecule has 2 aromatic carbocycles. The zero-order valence-electron chi connectivity index (χ0n) is 13.1. The normalized spacial score (nSPS) is 10.7. The summed E-state index contributed by atoms with van der Waals surface area (Å²) in [5.74, 6) is 0.596. The lowest BCUT2D eigenvalue weighted by atomic mass is 10.2. The number of ether oxygens (including phenoxy) is 1. The van der Waals surface area contributed by atoms with E-state index in [2.05, 4.69) is 29.4 Å². The van der Waals surface area contributed by atoms with Crippen molar-refractivity contribution >= 4 is 32.6 Å². The van der Waals surface area contributed by atoms with Gasteiger partial charge < -0.3 is 4.74 Å². The first kappa shape index (κ1) is 15.5. The molecule has 0 aliphatic carbocycles. The number of thiazole rings is 1. The summed E-state index contributed by atoms with van der Waals surface area (Å²) in [5.41, 5.74) is 2.77. The van der Waals surface area contributed by atoms with Crippen molar-refractivity contribution in [1.82, 2.24) is 4.98 Å². The summed E-state index contributed by atoms with van der Waals surface area (Å²) in [7, 11) is 0. The number of carbonyl (C=O) groups excluding carboxylic acids is 1. The van der Waals surface area contributed by atoms with E-state index in [4.69, 9.17) is 4.74 Å². The van der Waals surface area contributed by atoms with Gasteiger partial charge in [0.2, 0.25) is 0 Å². The standard InChI is InChI=1S/C18H18N2O2S/c1-3-12-5-10-15-16(11-12)23-18(19-15)20-17(21)13-6-8-14(9-7-13)22-4-2/h5-11H,3-4H2,1-2H3,(H,19,20,21). The third-order valence-corrected chi connectivity index (χ3v) is 4.44. The Balaban J connectivity index is 1.76. The lowest BCUT2D eigenvalue weighted by Gasteiger charge is -2.04. The second kappa shape index (κ2) is 6.79. The number of aromatic nitrogens is 1. The number of rotatable bonds is 5. The minimum Gasteiger partial charge on any atom is -0.494 e. The summed E-state index contributed by atoms with van der Waals surface area (Å²) in [5, 5.41) is 3.48. The molecule has 4 nitrogen and oxygen atoms in total.